The number of carbonyl (C=O) groups is 4. The SMILES string of the molecule is Cl.Cn1cc(NC(=O)c2cc(NC(=O)c3cc(NC(=O)CCCCCCn4cc(F)c(=O)[nH]c4=O)cn3C)cn2C)cc1C(=O)NCCC(=N)N. The van der Waals surface area contributed by atoms with Crippen LogP contribution >= 0.6 is 12.4 Å². The molecule has 0 aliphatic rings. The van der Waals surface area contributed by atoms with Gasteiger partial charge in [0.15, 0.2) is 0 Å². The number of aryl methyl sites for hydroxylation is 4. The van der Waals surface area contributed by atoms with E-state index in [0.29, 0.717) is 48.4 Å². The predicted octanol–water partition coefficient (Wildman–Crippen LogP) is 2.26. The molecule has 19 heteroatoms. The number of unbranched alkanes of at least 4 members (excludes halogenated alkanes) is 3. The number of rotatable bonds is 16. The zero-order valence-electron chi connectivity index (χ0n) is 28.3. The van der Waals surface area contributed by atoms with Crippen molar-refractivity contribution in [3.63, 3.8) is 0 Å². The minimum absolute atomic E-state index is 0. The molecule has 0 bridgehead atoms. The van der Waals surface area contributed by atoms with Gasteiger partial charge in [0.2, 0.25) is 11.7 Å². The smallest absolute Gasteiger partial charge is 0.328 e. The Balaban J connectivity index is 0.00000702. The number of nitrogens with zero attached hydrogens (tertiary/aromatic N) is 4. The highest BCUT2D eigenvalue weighted by Gasteiger charge is 2.19. The molecule has 0 saturated heterocycles. The van der Waals surface area contributed by atoms with Crippen molar-refractivity contribution < 1.29 is 23.6 Å². The summed E-state index contributed by atoms with van der Waals surface area (Å²) < 4.78 is 19.2. The standard InChI is InChI=1S/C32H40FN11O6.ClH/c1-41-16-20(13-23(41)29(47)36-10-9-26(34)35)38-31(49)25-14-21(17-43(25)3)39-30(48)24-12-19(15-42(24)2)37-27(45)8-6-4-5-7-11-44-18-22(33)28(46)40-32(44)50;/h12-18H,4-11H2,1-3H3,(H3,34,35)(H,36,47)(H,37,45)(H,38,49)(H,39,48)(H,40,46,50);1H. The number of anilines is 3. The molecule has 17 nitrogen and oxygen atoms in total. The van der Waals surface area contributed by atoms with Gasteiger partial charge in [0.05, 0.1) is 29.1 Å². The first kappa shape index (κ1) is 39.5. The van der Waals surface area contributed by atoms with Crippen LogP contribution in [0.5, 0.6) is 0 Å². The van der Waals surface area contributed by atoms with Crippen LogP contribution in [0, 0.1) is 11.2 Å². The summed E-state index contributed by atoms with van der Waals surface area (Å²) in [6.07, 6.45) is 8.63. The van der Waals surface area contributed by atoms with Crippen LogP contribution in [0.2, 0.25) is 0 Å². The van der Waals surface area contributed by atoms with Gasteiger partial charge >= 0.3 is 5.69 Å². The number of carbonyl (C=O) groups excluding carboxylic acids is 4. The number of halogens is 2. The Labute approximate surface area is 297 Å². The van der Waals surface area contributed by atoms with Crippen LogP contribution < -0.4 is 38.2 Å². The Kier molecular flexibility index (Phi) is 13.7. The molecule has 0 fully saturated rings. The summed E-state index contributed by atoms with van der Waals surface area (Å²) >= 11 is 0. The van der Waals surface area contributed by atoms with E-state index in [4.69, 9.17) is 11.1 Å². The molecule has 0 spiro atoms. The minimum Gasteiger partial charge on any atom is -0.388 e. The quantitative estimate of drug-likeness (QED) is 0.0516. The van der Waals surface area contributed by atoms with Gasteiger partial charge in [-0.3, -0.25) is 38.9 Å². The van der Waals surface area contributed by atoms with Crippen LogP contribution in [-0.2, 0) is 32.5 Å². The molecule has 0 aliphatic heterocycles. The summed E-state index contributed by atoms with van der Waals surface area (Å²) in [6, 6.07) is 4.56. The van der Waals surface area contributed by atoms with Gasteiger partial charge in [-0.1, -0.05) is 12.8 Å². The average molecular weight is 730 g/mol. The molecule has 0 unspecified atom stereocenters. The van der Waals surface area contributed by atoms with Crippen LogP contribution in [-0.4, -0.2) is 59.3 Å². The van der Waals surface area contributed by atoms with Gasteiger partial charge in [-0.25, -0.2) is 4.79 Å². The van der Waals surface area contributed by atoms with Gasteiger partial charge in [0.25, 0.3) is 23.3 Å². The molecule has 4 aromatic heterocycles. The maximum absolute atomic E-state index is 13.4. The lowest BCUT2D eigenvalue weighted by atomic mass is 10.1. The van der Waals surface area contributed by atoms with Gasteiger partial charge in [0, 0.05) is 65.7 Å². The van der Waals surface area contributed by atoms with Crippen LogP contribution in [0.1, 0.15) is 70.0 Å². The normalized spacial score (nSPS) is 10.7. The highest BCUT2D eigenvalue weighted by atomic mass is 35.5. The van der Waals surface area contributed by atoms with Gasteiger partial charge < -0.3 is 40.7 Å². The van der Waals surface area contributed by atoms with E-state index in [1.54, 1.807) is 53.4 Å². The fourth-order valence-corrected chi connectivity index (χ4v) is 5.16. The Morgan fingerprint density at radius 2 is 1.24 bits per heavy atom. The Morgan fingerprint density at radius 3 is 1.76 bits per heavy atom. The number of nitrogens with two attached hydrogens (primary N) is 1. The first-order valence-corrected chi connectivity index (χ1v) is 15.7. The number of amidine groups is 1. The van der Waals surface area contributed by atoms with Crippen LogP contribution in [0.25, 0.3) is 0 Å². The lowest BCUT2D eigenvalue weighted by molar-refractivity contribution is -0.116. The molecule has 4 amide bonds. The fourth-order valence-electron chi connectivity index (χ4n) is 5.16. The zero-order chi connectivity index (χ0) is 36.5. The van der Waals surface area contributed by atoms with Crippen molar-refractivity contribution in [3.8, 4) is 0 Å². The summed E-state index contributed by atoms with van der Waals surface area (Å²) in [5.74, 6) is -2.61. The van der Waals surface area contributed by atoms with Crippen molar-refractivity contribution in [1.29, 1.82) is 5.41 Å². The molecule has 0 saturated carbocycles. The van der Waals surface area contributed by atoms with Crippen LogP contribution in [0.15, 0.2) is 52.6 Å². The molecule has 8 N–H and O–H groups in total. The second-order valence-corrected chi connectivity index (χ2v) is 11.8. The number of hydrogen-bond donors (Lipinski definition) is 7. The molecule has 51 heavy (non-hydrogen) atoms. The summed E-state index contributed by atoms with van der Waals surface area (Å²) in [5.41, 5.74) is 5.60. The minimum atomic E-state index is -1.05. The first-order valence-electron chi connectivity index (χ1n) is 15.7. The van der Waals surface area contributed by atoms with Gasteiger partial charge in [0.1, 0.15) is 17.1 Å². The highest BCUT2D eigenvalue weighted by molar-refractivity contribution is 6.07. The van der Waals surface area contributed by atoms with Gasteiger partial charge in [-0.05, 0) is 31.0 Å². The molecule has 0 aromatic carbocycles. The third-order valence-electron chi connectivity index (χ3n) is 7.71. The van der Waals surface area contributed by atoms with Crippen LogP contribution in [0.3, 0.4) is 0 Å². The Bertz CT molecular complexity index is 2040. The topological polar surface area (TPSA) is 236 Å². The van der Waals surface area contributed by atoms with E-state index in [-0.39, 0.29) is 67.4 Å². The number of nitrogens with one attached hydrogen (secondary N) is 6. The molecule has 4 rings (SSSR count). The number of hydrogen-bond acceptors (Lipinski definition) is 7. The Hall–Kier alpha value is -5.91. The third kappa shape index (κ3) is 10.8. The molecule has 4 aromatic rings. The van der Waals surface area contributed by atoms with Crippen LogP contribution in [0.4, 0.5) is 21.5 Å². The summed E-state index contributed by atoms with van der Waals surface area (Å²) in [7, 11) is 4.96. The molecule has 274 valence electrons. The maximum atomic E-state index is 13.4. The van der Waals surface area contributed by atoms with E-state index in [1.807, 2.05) is 4.98 Å². The second-order valence-electron chi connectivity index (χ2n) is 11.8. The number of amides is 4. The predicted molar refractivity (Wildman–Crippen MR) is 191 cm³/mol. The van der Waals surface area contributed by atoms with E-state index in [2.05, 4.69) is 21.3 Å². The highest BCUT2D eigenvalue weighted by Crippen LogP contribution is 2.20. The summed E-state index contributed by atoms with van der Waals surface area (Å²) in [5, 5.41) is 18.2. The monoisotopic (exact) mass is 729 g/mol. The van der Waals surface area contributed by atoms with E-state index in [1.165, 1.54) is 18.2 Å². The largest absolute Gasteiger partial charge is 0.388 e. The lowest BCUT2D eigenvalue weighted by Crippen LogP contribution is -2.31. The van der Waals surface area contributed by atoms with Crippen molar-refractivity contribution in [2.75, 3.05) is 22.5 Å². The van der Waals surface area contributed by atoms with Gasteiger partial charge in [-0.15, -0.1) is 12.4 Å². The number of aromatic amines is 1. The van der Waals surface area contributed by atoms with Crippen molar-refractivity contribution >= 4 is 58.9 Å². The molecular weight excluding hydrogens is 689 g/mol. The third-order valence-corrected chi connectivity index (χ3v) is 7.71. The van der Waals surface area contributed by atoms with E-state index < -0.39 is 28.9 Å². The number of aromatic nitrogens is 5. The Morgan fingerprint density at radius 1 is 0.745 bits per heavy atom. The van der Waals surface area contributed by atoms with E-state index in [9.17, 15) is 33.2 Å². The van der Waals surface area contributed by atoms with Crippen molar-refractivity contribution in [1.82, 2.24) is 28.6 Å². The van der Waals surface area contributed by atoms with Gasteiger partial charge in [-0.2, -0.15) is 4.39 Å². The first-order chi connectivity index (χ1) is 23.7. The second kappa shape index (κ2) is 17.7. The maximum Gasteiger partial charge on any atom is 0.328 e. The molecule has 0 atom stereocenters. The lowest BCUT2D eigenvalue weighted by Gasteiger charge is -2.05. The van der Waals surface area contributed by atoms with Crippen molar-refractivity contribution in [2.45, 2.75) is 45.1 Å². The fraction of sp³-hybridized carbons (Fsp3) is 0.344. The molecule has 0 radical (unpaired) electrons. The zero-order valence-corrected chi connectivity index (χ0v) is 29.1. The van der Waals surface area contributed by atoms with Crippen molar-refractivity contribution in [3.05, 3.63) is 86.7 Å². The molecular formula is C32H41ClFN11O6. The number of H-pyrrole nitrogens is 1. The average Bonchev–Trinajstić information content (AvgIpc) is 3.72. The van der Waals surface area contributed by atoms with E-state index in [0.717, 1.165) is 10.8 Å². The molecule has 4 heterocycles. The molecule has 0 aliphatic carbocycles. The van der Waals surface area contributed by atoms with E-state index >= 15 is 0 Å². The summed E-state index contributed by atoms with van der Waals surface area (Å²) in [4.78, 5) is 75.9. The van der Waals surface area contributed by atoms with Crippen molar-refractivity contribution in [2.24, 2.45) is 26.9 Å². The summed E-state index contributed by atoms with van der Waals surface area (Å²) in [6.45, 7) is 0.450.